The zero-order valence-corrected chi connectivity index (χ0v) is 14.1. The number of aliphatic carboxylic acids is 1. The minimum Gasteiger partial charge on any atom is -0.481 e. The molecule has 1 saturated carbocycles. The van der Waals surface area contributed by atoms with Gasteiger partial charge in [0.15, 0.2) is 5.69 Å². The number of carbonyl (C=O) groups excluding carboxylic acids is 1. The van der Waals surface area contributed by atoms with Crippen LogP contribution in [-0.4, -0.2) is 40.1 Å². The maximum absolute atomic E-state index is 12.7. The quantitative estimate of drug-likeness (QED) is 0.905. The Morgan fingerprint density at radius 2 is 1.92 bits per heavy atom. The van der Waals surface area contributed by atoms with Crippen LogP contribution in [0, 0.1) is 5.92 Å². The zero-order valence-electron chi connectivity index (χ0n) is 13.4. The van der Waals surface area contributed by atoms with Gasteiger partial charge in [0.05, 0.1) is 5.92 Å². The lowest BCUT2D eigenvalue weighted by Gasteiger charge is -2.15. The number of carboxylic acid groups (broad SMARTS) is 1. The molecule has 2 aromatic rings. The monoisotopic (exact) mass is 360 g/mol. The van der Waals surface area contributed by atoms with E-state index in [1.165, 1.54) is 0 Å². The lowest BCUT2D eigenvalue weighted by atomic mass is 9.89. The van der Waals surface area contributed by atoms with Gasteiger partial charge in [-0.3, -0.25) is 9.59 Å². The molecule has 1 aromatic heterocycles. The third kappa shape index (κ3) is 3.14. The second-order valence-corrected chi connectivity index (χ2v) is 7.14. The van der Waals surface area contributed by atoms with Crippen molar-refractivity contribution in [2.45, 2.75) is 24.7 Å². The summed E-state index contributed by atoms with van der Waals surface area (Å²) in [6.07, 6.45) is 2.12. The molecule has 2 fully saturated rings. The molecule has 2 aliphatic rings. The third-order valence-electron chi connectivity index (χ3n) is 4.95. The van der Waals surface area contributed by atoms with E-state index in [2.05, 4.69) is 5.16 Å². The summed E-state index contributed by atoms with van der Waals surface area (Å²) in [6, 6.07) is 8.79. The summed E-state index contributed by atoms with van der Waals surface area (Å²) in [4.78, 5) is 25.9. The van der Waals surface area contributed by atoms with Gasteiger partial charge in [-0.1, -0.05) is 28.9 Å². The number of halogens is 1. The van der Waals surface area contributed by atoms with Gasteiger partial charge < -0.3 is 14.5 Å². The van der Waals surface area contributed by atoms with Crippen molar-refractivity contribution < 1.29 is 19.2 Å². The highest BCUT2D eigenvalue weighted by molar-refractivity contribution is 6.30. The lowest BCUT2D eigenvalue weighted by molar-refractivity contribution is -0.141. The van der Waals surface area contributed by atoms with Crippen LogP contribution < -0.4 is 0 Å². The van der Waals surface area contributed by atoms with Crippen LogP contribution in [0.4, 0.5) is 0 Å². The molecule has 2 atom stereocenters. The lowest BCUT2D eigenvalue weighted by Crippen LogP contribution is -2.30. The Morgan fingerprint density at radius 3 is 2.56 bits per heavy atom. The number of amides is 1. The van der Waals surface area contributed by atoms with Gasteiger partial charge in [0, 0.05) is 36.0 Å². The molecule has 0 unspecified atom stereocenters. The first-order valence-corrected chi connectivity index (χ1v) is 8.65. The van der Waals surface area contributed by atoms with Crippen molar-refractivity contribution in [1.29, 1.82) is 0 Å². The van der Waals surface area contributed by atoms with Gasteiger partial charge in [-0.15, -0.1) is 0 Å². The molecule has 1 aliphatic heterocycles. The van der Waals surface area contributed by atoms with Crippen molar-refractivity contribution >= 4 is 23.5 Å². The number of hydrogen-bond acceptors (Lipinski definition) is 4. The zero-order chi connectivity index (χ0) is 17.6. The van der Waals surface area contributed by atoms with Gasteiger partial charge >= 0.3 is 5.97 Å². The predicted octanol–water partition coefficient (Wildman–Crippen LogP) is 3.15. The van der Waals surface area contributed by atoms with Crippen LogP contribution in [0.25, 0.3) is 0 Å². The largest absolute Gasteiger partial charge is 0.481 e. The summed E-state index contributed by atoms with van der Waals surface area (Å²) in [5.74, 6) is -0.992. The molecule has 1 amide bonds. The van der Waals surface area contributed by atoms with Crippen molar-refractivity contribution in [1.82, 2.24) is 10.1 Å². The molecule has 1 saturated heterocycles. The van der Waals surface area contributed by atoms with Gasteiger partial charge in [-0.25, -0.2) is 0 Å². The molecule has 0 radical (unpaired) electrons. The smallest absolute Gasteiger partial charge is 0.308 e. The summed E-state index contributed by atoms with van der Waals surface area (Å²) in [7, 11) is 0. The summed E-state index contributed by atoms with van der Waals surface area (Å²) < 4.78 is 5.24. The van der Waals surface area contributed by atoms with E-state index in [0.29, 0.717) is 17.5 Å². The van der Waals surface area contributed by atoms with Crippen molar-refractivity contribution in [3.63, 3.8) is 0 Å². The summed E-state index contributed by atoms with van der Waals surface area (Å²) in [5, 5.41) is 14.0. The molecular weight excluding hydrogens is 344 g/mol. The Bertz CT molecular complexity index is 813. The molecule has 6 nitrogen and oxygen atoms in total. The number of rotatable bonds is 4. The molecule has 1 aliphatic carbocycles. The van der Waals surface area contributed by atoms with Gasteiger partial charge in [-0.2, -0.15) is 0 Å². The highest BCUT2D eigenvalue weighted by Gasteiger charge is 2.41. The van der Waals surface area contributed by atoms with Crippen LogP contribution >= 0.6 is 11.6 Å². The molecular formula is C18H17ClN2O4. The second kappa shape index (κ2) is 6.19. The SMILES string of the molecule is O=C(O)[C@@H]1CN(C(=O)c2cc(C3CC3)on2)C[C@H]1c1ccc(Cl)cc1. The van der Waals surface area contributed by atoms with Crippen molar-refractivity contribution in [3.8, 4) is 0 Å². The van der Waals surface area contributed by atoms with Crippen LogP contribution in [0.15, 0.2) is 34.9 Å². The molecule has 25 heavy (non-hydrogen) atoms. The molecule has 130 valence electrons. The Morgan fingerprint density at radius 1 is 1.20 bits per heavy atom. The van der Waals surface area contributed by atoms with E-state index in [0.717, 1.165) is 24.2 Å². The van der Waals surface area contributed by atoms with Crippen LogP contribution in [-0.2, 0) is 4.79 Å². The van der Waals surface area contributed by atoms with E-state index < -0.39 is 11.9 Å². The molecule has 1 N–H and O–H groups in total. The van der Waals surface area contributed by atoms with Gasteiger partial charge in [-0.05, 0) is 30.5 Å². The Hall–Kier alpha value is -2.34. The summed E-state index contributed by atoms with van der Waals surface area (Å²) in [5.41, 5.74) is 1.12. The maximum atomic E-state index is 12.7. The summed E-state index contributed by atoms with van der Waals surface area (Å²) >= 11 is 5.91. The predicted molar refractivity (Wildman–Crippen MR) is 89.7 cm³/mol. The highest BCUT2D eigenvalue weighted by Crippen LogP contribution is 2.40. The number of likely N-dealkylation sites (tertiary alicyclic amines) is 1. The minimum absolute atomic E-state index is 0.160. The molecule has 1 aromatic carbocycles. The number of benzene rings is 1. The number of aromatic nitrogens is 1. The van der Waals surface area contributed by atoms with Crippen molar-refractivity contribution in [3.05, 3.63) is 52.4 Å². The number of carbonyl (C=O) groups is 2. The number of hydrogen-bond donors (Lipinski definition) is 1. The second-order valence-electron chi connectivity index (χ2n) is 6.70. The molecule has 2 heterocycles. The molecule has 0 bridgehead atoms. The fourth-order valence-corrected chi connectivity index (χ4v) is 3.51. The first-order chi connectivity index (χ1) is 12.0. The first-order valence-electron chi connectivity index (χ1n) is 8.27. The van der Waals surface area contributed by atoms with Gasteiger partial charge in [0.2, 0.25) is 0 Å². The van der Waals surface area contributed by atoms with Gasteiger partial charge in [0.25, 0.3) is 5.91 Å². The van der Waals surface area contributed by atoms with E-state index >= 15 is 0 Å². The Balaban J connectivity index is 1.55. The average molecular weight is 361 g/mol. The van der Waals surface area contributed by atoms with Crippen LogP contribution in [0.3, 0.4) is 0 Å². The number of carboxylic acids is 1. The van der Waals surface area contributed by atoms with E-state index in [4.69, 9.17) is 16.1 Å². The topological polar surface area (TPSA) is 83.6 Å². The molecule has 7 heteroatoms. The standard InChI is InChI=1S/C18H17ClN2O4/c19-12-5-3-10(4-6-12)13-8-21(9-14(13)18(23)24)17(22)15-7-16(25-20-15)11-1-2-11/h3-7,11,13-14H,1-2,8-9H2,(H,23,24)/t13-,14+/m0/s1. The summed E-state index contributed by atoms with van der Waals surface area (Å²) in [6.45, 7) is 0.496. The highest BCUT2D eigenvalue weighted by atomic mass is 35.5. The molecule has 0 spiro atoms. The van der Waals surface area contributed by atoms with Crippen LogP contribution in [0.1, 0.15) is 46.5 Å². The minimum atomic E-state index is -0.908. The molecule has 4 rings (SSSR count). The van der Waals surface area contributed by atoms with E-state index in [1.807, 2.05) is 12.1 Å². The normalized spacial score (nSPS) is 23.0. The van der Waals surface area contributed by atoms with E-state index in [9.17, 15) is 14.7 Å². The number of nitrogens with zero attached hydrogens (tertiary/aromatic N) is 2. The van der Waals surface area contributed by atoms with Crippen LogP contribution in [0.2, 0.25) is 5.02 Å². The third-order valence-corrected chi connectivity index (χ3v) is 5.20. The Labute approximate surface area is 149 Å². The Kier molecular flexibility index (Phi) is 4.00. The fraction of sp³-hybridized carbons (Fsp3) is 0.389. The van der Waals surface area contributed by atoms with E-state index in [1.54, 1.807) is 23.1 Å². The van der Waals surface area contributed by atoms with E-state index in [-0.39, 0.29) is 24.1 Å². The van der Waals surface area contributed by atoms with Crippen molar-refractivity contribution in [2.75, 3.05) is 13.1 Å². The van der Waals surface area contributed by atoms with Crippen molar-refractivity contribution in [2.24, 2.45) is 5.92 Å². The fourth-order valence-electron chi connectivity index (χ4n) is 3.38. The average Bonchev–Trinajstić information content (AvgIpc) is 3.16. The first kappa shape index (κ1) is 16.1. The van der Waals surface area contributed by atoms with Crippen LogP contribution in [0.5, 0.6) is 0 Å². The van der Waals surface area contributed by atoms with Gasteiger partial charge in [0.1, 0.15) is 5.76 Å². The maximum Gasteiger partial charge on any atom is 0.308 e.